The van der Waals surface area contributed by atoms with Crippen molar-refractivity contribution in [3.05, 3.63) is 35.7 Å². The topological polar surface area (TPSA) is 39.2 Å². The number of pyridine rings is 1. The molecular formula is C13H17NO2. The average molecular weight is 219 g/mol. The number of esters is 1. The summed E-state index contributed by atoms with van der Waals surface area (Å²) in [7, 11) is 0. The predicted octanol–water partition coefficient (Wildman–Crippen LogP) is 2.74. The number of carbonyl (C=O) groups is 1. The summed E-state index contributed by atoms with van der Waals surface area (Å²) in [6, 6.07) is 3.80. The first-order chi connectivity index (χ1) is 7.37. The minimum absolute atomic E-state index is 0.352. The second-order valence-electron chi connectivity index (χ2n) is 4.63. The highest BCUT2D eigenvalue weighted by molar-refractivity contribution is 5.86. The van der Waals surface area contributed by atoms with Crippen LogP contribution in [0.4, 0.5) is 0 Å². The fraction of sp³-hybridized carbons (Fsp3) is 0.385. The van der Waals surface area contributed by atoms with Gasteiger partial charge in [0.05, 0.1) is 5.69 Å². The molecule has 3 nitrogen and oxygen atoms in total. The van der Waals surface area contributed by atoms with Crippen LogP contribution in [0.15, 0.2) is 24.4 Å². The molecule has 0 amide bonds. The molecule has 0 aliphatic heterocycles. The Morgan fingerprint density at radius 3 is 2.56 bits per heavy atom. The van der Waals surface area contributed by atoms with Gasteiger partial charge in [0.15, 0.2) is 0 Å². The Labute approximate surface area is 96.2 Å². The number of hydrogen-bond acceptors (Lipinski definition) is 3. The largest absolute Gasteiger partial charge is 0.457 e. The molecule has 16 heavy (non-hydrogen) atoms. The summed E-state index contributed by atoms with van der Waals surface area (Å²) in [5, 5.41) is 0. The molecule has 1 heterocycles. The van der Waals surface area contributed by atoms with Gasteiger partial charge in [-0.3, -0.25) is 4.98 Å². The van der Waals surface area contributed by atoms with E-state index in [0.717, 1.165) is 11.3 Å². The second kappa shape index (κ2) is 4.92. The molecule has 0 saturated heterocycles. The smallest absolute Gasteiger partial charge is 0.331 e. The molecule has 0 aromatic carbocycles. The number of rotatable bonds is 2. The van der Waals surface area contributed by atoms with Gasteiger partial charge in [0.2, 0.25) is 0 Å². The minimum atomic E-state index is -0.456. The van der Waals surface area contributed by atoms with Crippen LogP contribution < -0.4 is 0 Å². The Morgan fingerprint density at radius 2 is 2.06 bits per heavy atom. The molecule has 1 rings (SSSR count). The molecule has 0 atom stereocenters. The zero-order valence-electron chi connectivity index (χ0n) is 10.2. The third-order valence-electron chi connectivity index (χ3n) is 1.73. The van der Waals surface area contributed by atoms with Crippen LogP contribution in [0.5, 0.6) is 0 Å². The number of aromatic nitrogens is 1. The Bertz CT molecular complexity index is 385. The highest BCUT2D eigenvalue weighted by Gasteiger charge is 2.13. The van der Waals surface area contributed by atoms with Crippen LogP contribution in [-0.2, 0) is 9.53 Å². The van der Waals surface area contributed by atoms with Crippen molar-refractivity contribution >= 4 is 12.0 Å². The lowest BCUT2D eigenvalue weighted by Gasteiger charge is -2.17. The van der Waals surface area contributed by atoms with Gasteiger partial charge in [-0.05, 0) is 45.4 Å². The van der Waals surface area contributed by atoms with Gasteiger partial charge in [-0.15, -0.1) is 0 Å². The van der Waals surface area contributed by atoms with E-state index in [1.165, 1.54) is 6.08 Å². The molecule has 86 valence electrons. The summed E-state index contributed by atoms with van der Waals surface area (Å²) in [5.74, 6) is -0.352. The molecule has 3 heteroatoms. The van der Waals surface area contributed by atoms with Crippen LogP contribution in [0.2, 0.25) is 0 Å². The van der Waals surface area contributed by atoms with Gasteiger partial charge in [0.1, 0.15) is 5.60 Å². The van der Waals surface area contributed by atoms with E-state index in [1.54, 1.807) is 12.3 Å². The standard InChI is InChI=1S/C13H17NO2/c1-10-5-6-11(14-9-10)7-8-12(15)16-13(2,3)4/h5-9H,1-4H3. The van der Waals surface area contributed by atoms with E-state index in [1.807, 2.05) is 39.8 Å². The summed E-state index contributed by atoms with van der Waals surface area (Å²) in [6.07, 6.45) is 4.80. The van der Waals surface area contributed by atoms with Crippen molar-refractivity contribution < 1.29 is 9.53 Å². The van der Waals surface area contributed by atoms with Crippen molar-refractivity contribution in [2.75, 3.05) is 0 Å². The van der Waals surface area contributed by atoms with Crippen molar-refractivity contribution in [3.8, 4) is 0 Å². The van der Waals surface area contributed by atoms with Crippen LogP contribution in [0, 0.1) is 6.92 Å². The first-order valence-corrected chi connectivity index (χ1v) is 5.20. The number of hydrogen-bond donors (Lipinski definition) is 0. The lowest BCUT2D eigenvalue weighted by molar-refractivity contribution is -0.148. The Hall–Kier alpha value is -1.64. The lowest BCUT2D eigenvalue weighted by Crippen LogP contribution is -2.22. The number of nitrogens with zero attached hydrogens (tertiary/aromatic N) is 1. The zero-order chi connectivity index (χ0) is 12.2. The van der Waals surface area contributed by atoms with Crippen molar-refractivity contribution in [2.24, 2.45) is 0 Å². The van der Waals surface area contributed by atoms with Gasteiger partial charge >= 0.3 is 5.97 Å². The summed E-state index contributed by atoms with van der Waals surface area (Å²) >= 11 is 0. The first-order valence-electron chi connectivity index (χ1n) is 5.20. The van der Waals surface area contributed by atoms with E-state index in [9.17, 15) is 4.79 Å². The maximum Gasteiger partial charge on any atom is 0.331 e. The van der Waals surface area contributed by atoms with Gasteiger partial charge < -0.3 is 4.74 Å². The summed E-state index contributed by atoms with van der Waals surface area (Å²) in [6.45, 7) is 7.48. The van der Waals surface area contributed by atoms with Crippen LogP contribution in [0.3, 0.4) is 0 Å². The third-order valence-corrected chi connectivity index (χ3v) is 1.73. The van der Waals surface area contributed by atoms with Gasteiger partial charge in [0.25, 0.3) is 0 Å². The Kier molecular flexibility index (Phi) is 3.82. The van der Waals surface area contributed by atoms with Gasteiger partial charge in [-0.1, -0.05) is 6.07 Å². The average Bonchev–Trinajstić information content (AvgIpc) is 2.14. The first kappa shape index (κ1) is 12.4. The second-order valence-corrected chi connectivity index (χ2v) is 4.63. The Morgan fingerprint density at radius 1 is 1.38 bits per heavy atom. The van der Waals surface area contributed by atoms with Gasteiger partial charge in [-0.25, -0.2) is 4.79 Å². The van der Waals surface area contributed by atoms with E-state index in [0.29, 0.717) is 0 Å². The molecule has 0 aliphatic rings. The summed E-state index contributed by atoms with van der Waals surface area (Å²) < 4.78 is 5.13. The fourth-order valence-corrected chi connectivity index (χ4v) is 1.07. The molecule has 1 aromatic rings. The molecule has 0 N–H and O–H groups in total. The van der Waals surface area contributed by atoms with Crippen molar-refractivity contribution in [1.29, 1.82) is 0 Å². The normalized spacial score (nSPS) is 11.8. The molecule has 0 unspecified atom stereocenters. The van der Waals surface area contributed by atoms with Crippen LogP contribution in [-0.4, -0.2) is 16.6 Å². The van der Waals surface area contributed by atoms with E-state index in [4.69, 9.17) is 4.74 Å². The molecule has 0 radical (unpaired) electrons. The van der Waals surface area contributed by atoms with Crippen LogP contribution in [0.25, 0.3) is 6.08 Å². The van der Waals surface area contributed by atoms with Gasteiger partial charge in [0, 0.05) is 12.3 Å². The highest BCUT2D eigenvalue weighted by Crippen LogP contribution is 2.08. The fourth-order valence-electron chi connectivity index (χ4n) is 1.07. The maximum atomic E-state index is 11.4. The third kappa shape index (κ3) is 4.73. The van der Waals surface area contributed by atoms with E-state index < -0.39 is 5.60 Å². The molecule has 0 spiro atoms. The van der Waals surface area contributed by atoms with Crippen molar-refractivity contribution in [1.82, 2.24) is 4.98 Å². The zero-order valence-corrected chi connectivity index (χ0v) is 10.2. The Balaban J connectivity index is 2.60. The highest BCUT2D eigenvalue weighted by atomic mass is 16.6. The number of carbonyl (C=O) groups excluding carboxylic acids is 1. The molecule has 0 fully saturated rings. The quantitative estimate of drug-likeness (QED) is 0.567. The van der Waals surface area contributed by atoms with Crippen molar-refractivity contribution in [2.45, 2.75) is 33.3 Å². The maximum absolute atomic E-state index is 11.4. The van der Waals surface area contributed by atoms with E-state index in [2.05, 4.69) is 4.98 Å². The summed E-state index contributed by atoms with van der Waals surface area (Å²) in [4.78, 5) is 15.5. The SMILES string of the molecule is Cc1ccc(C=CC(=O)OC(C)(C)C)nc1. The van der Waals surface area contributed by atoms with Gasteiger partial charge in [-0.2, -0.15) is 0 Å². The molecule has 1 aromatic heterocycles. The van der Waals surface area contributed by atoms with E-state index in [-0.39, 0.29) is 5.97 Å². The number of aryl methyl sites for hydroxylation is 1. The molecule has 0 bridgehead atoms. The molecule has 0 saturated carbocycles. The van der Waals surface area contributed by atoms with Crippen LogP contribution in [0.1, 0.15) is 32.0 Å². The monoisotopic (exact) mass is 219 g/mol. The minimum Gasteiger partial charge on any atom is -0.457 e. The summed E-state index contributed by atoms with van der Waals surface area (Å²) in [5.41, 5.74) is 1.38. The van der Waals surface area contributed by atoms with Crippen LogP contribution >= 0.6 is 0 Å². The molecule has 0 aliphatic carbocycles. The van der Waals surface area contributed by atoms with E-state index >= 15 is 0 Å². The number of ether oxygens (including phenoxy) is 1. The van der Waals surface area contributed by atoms with Crippen molar-refractivity contribution in [3.63, 3.8) is 0 Å². The molecular weight excluding hydrogens is 202 g/mol. The predicted molar refractivity (Wildman–Crippen MR) is 63.9 cm³/mol. The lowest BCUT2D eigenvalue weighted by atomic mass is 10.2.